The molecule has 0 fully saturated rings. The van der Waals surface area contributed by atoms with E-state index in [4.69, 9.17) is 23.2 Å². The van der Waals surface area contributed by atoms with Gasteiger partial charge in [0.15, 0.2) is 5.78 Å². The maximum atomic E-state index is 13.4. The number of anilines is 1. The summed E-state index contributed by atoms with van der Waals surface area (Å²) in [4.78, 5) is 30.6. The van der Waals surface area contributed by atoms with Crippen LogP contribution in [0.5, 0.6) is 0 Å². The smallest absolute Gasteiger partial charge is 0.235 e. The molecule has 30 heavy (non-hydrogen) atoms. The lowest BCUT2D eigenvalue weighted by Crippen LogP contribution is -2.42. The van der Waals surface area contributed by atoms with Gasteiger partial charge >= 0.3 is 0 Å². The lowest BCUT2D eigenvalue weighted by molar-refractivity contribution is -0.120. The van der Waals surface area contributed by atoms with E-state index in [1.807, 2.05) is 19.1 Å². The number of aryl methyl sites for hydroxylation is 1. The fourth-order valence-electron chi connectivity index (χ4n) is 4.21. The highest BCUT2D eigenvalue weighted by molar-refractivity contribution is 6.42. The van der Waals surface area contributed by atoms with E-state index in [9.17, 15) is 9.59 Å². The van der Waals surface area contributed by atoms with Crippen molar-refractivity contribution in [3.63, 3.8) is 0 Å². The maximum absolute atomic E-state index is 13.4. The first-order valence-electron chi connectivity index (χ1n) is 9.77. The zero-order valence-electron chi connectivity index (χ0n) is 16.5. The topological polar surface area (TPSA) is 71.1 Å². The first-order chi connectivity index (χ1) is 14.4. The number of benzene rings is 1. The Labute approximate surface area is 185 Å². The van der Waals surface area contributed by atoms with Crippen LogP contribution in [0, 0.1) is 12.8 Å². The van der Waals surface area contributed by atoms with Gasteiger partial charge in [-0.05, 0) is 43.0 Å². The SMILES string of the molecule is C=C1NC2=C(C(=O)CCC2)C(c2cccc(Cl)c2Cl)C1C(=O)Nc1ncccc1C. The molecule has 1 aromatic carbocycles. The Balaban J connectivity index is 1.83. The highest BCUT2D eigenvalue weighted by Crippen LogP contribution is 2.47. The third-order valence-corrected chi connectivity index (χ3v) is 6.47. The van der Waals surface area contributed by atoms with E-state index in [2.05, 4.69) is 22.2 Å². The van der Waals surface area contributed by atoms with Crippen molar-refractivity contribution in [2.45, 2.75) is 32.1 Å². The molecule has 2 heterocycles. The number of carbonyl (C=O) groups excluding carboxylic acids is 2. The van der Waals surface area contributed by atoms with E-state index >= 15 is 0 Å². The lowest BCUT2D eigenvalue weighted by Gasteiger charge is -2.39. The van der Waals surface area contributed by atoms with E-state index in [0.29, 0.717) is 39.1 Å². The zero-order valence-corrected chi connectivity index (χ0v) is 18.0. The van der Waals surface area contributed by atoms with Crippen molar-refractivity contribution in [1.29, 1.82) is 0 Å². The fourth-order valence-corrected chi connectivity index (χ4v) is 4.64. The van der Waals surface area contributed by atoms with Gasteiger partial charge in [-0.3, -0.25) is 9.59 Å². The molecule has 2 unspecified atom stereocenters. The molecule has 0 bridgehead atoms. The highest BCUT2D eigenvalue weighted by atomic mass is 35.5. The van der Waals surface area contributed by atoms with Gasteiger partial charge in [0.05, 0.1) is 16.0 Å². The number of hydrogen-bond acceptors (Lipinski definition) is 4. The van der Waals surface area contributed by atoms with Gasteiger partial charge in [0.1, 0.15) is 5.82 Å². The first-order valence-corrected chi connectivity index (χ1v) is 10.5. The number of allylic oxidation sites excluding steroid dienone is 2. The van der Waals surface area contributed by atoms with E-state index in [-0.39, 0.29) is 11.7 Å². The molecule has 2 atom stereocenters. The van der Waals surface area contributed by atoms with E-state index in [0.717, 1.165) is 24.1 Å². The van der Waals surface area contributed by atoms with Crippen LogP contribution in [-0.2, 0) is 9.59 Å². The number of aromatic nitrogens is 1. The predicted molar refractivity (Wildman–Crippen MR) is 118 cm³/mol. The number of nitrogens with one attached hydrogen (secondary N) is 2. The van der Waals surface area contributed by atoms with Crippen molar-refractivity contribution in [1.82, 2.24) is 10.3 Å². The van der Waals surface area contributed by atoms with Gasteiger partial charge in [0, 0.05) is 35.5 Å². The van der Waals surface area contributed by atoms with Crippen molar-refractivity contribution in [2.24, 2.45) is 5.92 Å². The van der Waals surface area contributed by atoms with E-state index in [1.54, 1.807) is 24.4 Å². The molecule has 0 spiro atoms. The predicted octanol–water partition coefficient (Wildman–Crippen LogP) is 5.16. The summed E-state index contributed by atoms with van der Waals surface area (Å²) in [6.07, 6.45) is 3.54. The summed E-state index contributed by atoms with van der Waals surface area (Å²) in [7, 11) is 0. The summed E-state index contributed by atoms with van der Waals surface area (Å²) in [5, 5.41) is 6.84. The van der Waals surface area contributed by atoms with Crippen LogP contribution in [0.2, 0.25) is 10.0 Å². The fraction of sp³-hybridized carbons (Fsp3) is 0.261. The Morgan fingerprint density at radius 1 is 1.23 bits per heavy atom. The third-order valence-electron chi connectivity index (χ3n) is 5.64. The van der Waals surface area contributed by atoms with Gasteiger partial charge < -0.3 is 10.6 Å². The average molecular weight is 442 g/mol. The van der Waals surface area contributed by atoms with Crippen LogP contribution in [0.1, 0.15) is 36.3 Å². The Bertz CT molecular complexity index is 1090. The molecule has 1 aromatic heterocycles. The second-order valence-electron chi connectivity index (χ2n) is 7.58. The minimum absolute atomic E-state index is 0.0177. The zero-order chi connectivity index (χ0) is 21.4. The maximum Gasteiger partial charge on any atom is 0.235 e. The number of carbonyl (C=O) groups is 2. The molecule has 5 nitrogen and oxygen atoms in total. The molecule has 0 radical (unpaired) electrons. The van der Waals surface area contributed by atoms with Crippen molar-refractivity contribution in [3.8, 4) is 0 Å². The Morgan fingerprint density at radius 2 is 2.03 bits per heavy atom. The normalized spacial score (nSPS) is 21.2. The quantitative estimate of drug-likeness (QED) is 0.689. The molecule has 0 saturated heterocycles. The molecule has 2 aromatic rings. The van der Waals surface area contributed by atoms with Gasteiger partial charge in [-0.25, -0.2) is 4.98 Å². The van der Waals surface area contributed by atoms with Crippen molar-refractivity contribution < 1.29 is 9.59 Å². The molecular weight excluding hydrogens is 421 g/mol. The van der Waals surface area contributed by atoms with Gasteiger partial charge in [-0.1, -0.05) is 48.0 Å². The highest BCUT2D eigenvalue weighted by Gasteiger charge is 2.44. The number of ketones is 1. The van der Waals surface area contributed by atoms with Gasteiger partial charge in [-0.15, -0.1) is 0 Å². The number of nitrogens with zero attached hydrogens (tertiary/aromatic N) is 1. The summed E-state index contributed by atoms with van der Waals surface area (Å²) in [5.74, 6) is -1.13. The minimum Gasteiger partial charge on any atom is -0.362 e. The molecule has 0 saturated carbocycles. The molecule has 1 amide bonds. The molecule has 2 aliphatic rings. The first kappa shape index (κ1) is 20.6. The second kappa shape index (κ2) is 8.25. The van der Waals surface area contributed by atoms with Gasteiger partial charge in [-0.2, -0.15) is 0 Å². The van der Waals surface area contributed by atoms with Crippen molar-refractivity contribution in [2.75, 3.05) is 5.32 Å². The molecule has 2 N–H and O–H groups in total. The lowest BCUT2D eigenvalue weighted by atomic mass is 9.71. The largest absolute Gasteiger partial charge is 0.362 e. The minimum atomic E-state index is -0.747. The molecule has 154 valence electrons. The van der Waals surface area contributed by atoms with E-state index in [1.165, 1.54) is 0 Å². The summed E-state index contributed by atoms with van der Waals surface area (Å²) >= 11 is 12.8. The number of pyridine rings is 1. The molecule has 7 heteroatoms. The van der Waals surface area contributed by atoms with Crippen molar-refractivity contribution in [3.05, 3.63) is 81.2 Å². The van der Waals surface area contributed by atoms with Crippen LogP contribution in [0.4, 0.5) is 5.82 Å². The number of halogens is 2. The van der Waals surface area contributed by atoms with Crippen LogP contribution in [0.25, 0.3) is 0 Å². The van der Waals surface area contributed by atoms with Gasteiger partial charge in [0.25, 0.3) is 0 Å². The number of Topliss-reactive ketones (excluding diaryl/α,β-unsaturated/α-hetero) is 1. The monoisotopic (exact) mass is 441 g/mol. The summed E-state index contributed by atoms with van der Waals surface area (Å²) in [6.45, 7) is 5.98. The van der Waals surface area contributed by atoms with Crippen LogP contribution in [0.15, 0.2) is 60.1 Å². The van der Waals surface area contributed by atoms with Crippen LogP contribution >= 0.6 is 23.2 Å². The van der Waals surface area contributed by atoms with Gasteiger partial charge in [0.2, 0.25) is 5.91 Å². The van der Waals surface area contributed by atoms with Crippen LogP contribution in [0.3, 0.4) is 0 Å². The average Bonchev–Trinajstić information content (AvgIpc) is 2.71. The molecule has 1 aliphatic heterocycles. The summed E-state index contributed by atoms with van der Waals surface area (Å²) in [5.41, 5.74) is 3.42. The third kappa shape index (κ3) is 3.64. The van der Waals surface area contributed by atoms with Crippen LogP contribution in [-0.4, -0.2) is 16.7 Å². The number of rotatable bonds is 3. The molecular formula is C23H21Cl2N3O2. The Morgan fingerprint density at radius 3 is 2.80 bits per heavy atom. The standard InChI is InChI=1S/C23H21Cl2N3O2/c1-12-6-5-11-26-22(12)28-23(30)18-13(2)27-16-9-4-10-17(29)20(16)19(18)14-7-3-8-15(24)21(14)25/h3,5-8,11,18-19,27H,2,4,9-10H2,1H3,(H,26,28,30). The molecule has 4 rings (SSSR count). The second-order valence-corrected chi connectivity index (χ2v) is 8.36. The van der Waals surface area contributed by atoms with E-state index < -0.39 is 11.8 Å². The number of amides is 1. The summed E-state index contributed by atoms with van der Waals surface area (Å²) in [6, 6.07) is 8.95. The summed E-state index contributed by atoms with van der Waals surface area (Å²) < 4.78 is 0. The van der Waals surface area contributed by atoms with Crippen molar-refractivity contribution >= 4 is 40.7 Å². The Kier molecular flexibility index (Phi) is 5.67. The molecule has 1 aliphatic carbocycles. The number of hydrogen-bond donors (Lipinski definition) is 2. The Hall–Kier alpha value is -2.63. The van der Waals surface area contributed by atoms with Crippen LogP contribution < -0.4 is 10.6 Å².